The first kappa shape index (κ1) is 13.9. The Labute approximate surface area is 124 Å². The Morgan fingerprint density at radius 3 is 3.05 bits per heavy atom. The van der Waals surface area contributed by atoms with Gasteiger partial charge in [0.2, 0.25) is 0 Å². The second-order valence-corrected chi connectivity index (χ2v) is 5.79. The van der Waals surface area contributed by atoms with Crippen molar-refractivity contribution in [1.29, 1.82) is 0 Å². The first-order valence-corrected chi connectivity index (χ1v) is 7.52. The molecule has 1 N–H and O–H groups in total. The van der Waals surface area contributed by atoms with Gasteiger partial charge < -0.3 is 10.1 Å². The molecule has 0 atom stereocenters. The topological polar surface area (TPSA) is 39.1 Å². The third-order valence-electron chi connectivity index (χ3n) is 3.66. The number of hydrogen-bond acceptors (Lipinski definition) is 3. The fraction of sp³-hybridized carbons (Fsp3) is 0.533. The molecule has 0 unspecified atom stereocenters. The summed E-state index contributed by atoms with van der Waals surface area (Å²) in [6, 6.07) is 4.94. The fourth-order valence-corrected chi connectivity index (χ4v) is 2.66. The van der Waals surface area contributed by atoms with Crippen molar-refractivity contribution >= 4 is 22.5 Å². The number of halogens is 1. The summed E-state index contributed by atoms with van der Waals surface area (Å²) in [6.07, 6.45) is 5.40. The number of benzene rings is 1. The van der Waals surface area contributed by atoms with Gasteiger partial charge in [-0.2, -0.15) is 5.10 Å². The van der Waals surface area contributed by atoms with Crippen LogP contribution in [0.1, 0.15) is 24.8 Å². The molecule has 0 aliphatic heterocycles. The first-order chi connectivity index (χ1) is 9.78. The number of fused-ring (bicyclic) bond motifs is 1. The monoisotopic (exact) mass is 293 g/mol. The molecule has 1 aliphatic rings. The van der Waals surface area contributed by atoms with E-state index in [4.69, 9.17) is 16.3 Å². The van der Waals surface area contributed by atoms with Gasteiger partial charge in [-0.25, -0.2) is 0 Å². The summed E-state index contributed by atoms with van der Waals surface area (Å²) in [5.41, 5.74) is 2.34. The maximum Gasteiger partial charge on any atom is 0.0700 e. The maximum atomic E-state index is 6.36. The summed E-state index contributed by atoms with van der Waals surface area (Å²) in [7, 11) is 1.72. The van der Waals surface area contributed by atoms with Gasteiger partial charge in [0.1, 0.15) is 0 Å². The van der Waals surface area contributed by atoms with E-state index in [0.717, 1.165) is 42.0 Å². The molecule has 1 heterocycles. The molecule has 4 nitrogen and oxygen atoms in total. The lowest BCUT2D eigenvalue weighted by atomic mass is 10.1. The van der Waals surface area contributed by atoms with Crippen LogP contribution < -0.4 is 5.32 Å². The van der Waals surface area contributed by atoms with Gasteiger partial charge in [0.05, 0.1) is 16.7 Å². The molecule has 0 saturated heterocycles. The molecule has 1 fully saturated rings. The average molecular weight is 294 g/mol. The quantitative estimate of drug-likeness (QED) is 0.798. The molecular weight excluding hydrogens is 274 g/mol. The zero-order valence-corrected chi connectivity index (χ0v) is 12.5. The first-order valence-electron chi connectivity index (χ1n) is 7.14. The van der Waals surface area contributed by atoms with Crippen LogP contribution in [0.2, 0.25) is 5.02 Å². The highest BCUT2D eigenvalue weighted by atomic mass is 35.5. The van der Waals surface area contributed by atoms with Gasteiger partial charge >= 0.3 is 0 Å². The van der Waals surface area contributed by atoms with Crippen molar-refractivity contribution in [3.05, 3.63) is 28.9 Å². The Morgan fingerprint density at radius 2 is 2.30 bits per heavy atom. The second kappa shape index (κ2) is 6.12. The van der Waals surface area contributed by atoms with Gasteiger partial charge in [-0.3, -0.25) is 4.68 Å². The number of nitrogens with zero attached hydrogens (tertiary/aromatic N) is 2. The van der Waals surface area contributed by atoms with Crippen LogP contribution in [0.3, 0.4) is 0 Å². The van der Waals surface area contributed by atoms with Gasteiger partial charge in [-0.1, -0.05) is 11.6 Å². The predicted molar refractivity (Wildman–Crippen MR) is 81.1 cm³/mol. The number of methoxy groups -OCH3 is 1. The predicted octanol–water partition coefficient (Wildman–Crippen LogP) is 2.98. The minimum Gasteiger partial charge on any atom is -0.385 e. The summed E-state index contributed by atoms with van der Waals surface area (Å²) in [6.45, 7) is 2.48. The minimum absolute atomic E-state index is 0.705. The molecule has 108 valence electrons. The normalized spacial score (nSPS) is 15.1. The number of aromatic nitrogens is 2. The minimum atomic E-state index is 0.705. The SMILES string of the molecule is COCCCn1ncc2c(Cl)cc(CNC3CC3)cc21. The summed E-state index contributed by atoms with van der Waals surface area (Å²) in [4.78, 5) is 0. The zero-order valence-electron chi connectivity index (χ0n) is 11.7. The molecule has 5 heteroatoms. The summed E-state index contributed by atoms with van der Waals surface area (Å²) in [5.74, 6) is 0. The van der Waals surface area contributed by atoms with Crippen molar-refractivity contribution in [1.82, 2.24) is 15.1 Å². The smallest absolute Gasteiger partial charge is 0.0700 e. The molecule has 2 aromatic rings. The number of hydrogen-bond donors (Lipinski definition) is 1. The number of nitrogens with one attached hydrogen (secondary N) is 1. The van der Waals surface area contributed by atoms with Gasteiger partial charge in [0, 0.05) is 38.2 Å². The van der Waals surface area contributed by atoms with E-state index in [9.17, 15) is 0 Å². The van der Waals surface area contributed by atoms with Crippen LogP contribution in [0.15, 0.2) is 18.3 Å². The van der Waals surface area contributed by atoms with Gasteiger partial charge in [-0.05, 0) is 37.0 Å². The van der Waals surface area contributed by atoms with E-state index in [1.807, 2.05) is 16.9 Å². The van der Waals surface area contributed by atoms with Gasteiger partial charge in [-0.15, -0.1) is 0 Å². The number of ether oxygens (including phenoxy) is 1. The van der Waals surface area contributed by atoms with E-state index >= 15 is 0 Å². The Bertz CT molecular complexity index is 592. The second-order valence-electron chi connectivity index (χ2n) is 5.38. The number of aryl methyl sites for hydroxylation is 1. The fourth-order valence-electron chi connectivity index (χ4n) is 2.38. The van der Waals surface area contributed by atoms with Crippen molar-refractivity contribution in [2.24, 2.45) is 0 Å². The standard InChI is InChI=1S/C15H20ClN3O/c1-20-6-2-5-19-15-8-11(9-17-12-3-4-12)7-14(16)13(15)10-18-19/h7-8,10,12,17H,2-6,9H2,1H3. The van der Waals surface area contributed by atoms with E-state index in [-0.39, 0.29) is 0 Å². The van der Waals surface area contributed by atoms with Crippen molar-refractivity contribution in [2.45, 2.75) is 38.4 Å². The average Bonchev–Trinajstić information content (AvgIpc) is 3.18. The molecule has 0 radical (unpaired) electrons. The molecule has 0 bridgehead atoms. The molecule has 1 aromatic carbocycles. The lowest BCUT2D eigenvalue weighted by Gasteiger charge is -2.07. The van der Waals surface area contributed by atoms with E-state index in [0.29, 0.717) is 6.04 Å². The lowest BCUT2D eigenvalue weighted by Crippen LogP contribution is -2.15. The highest BCUT2D eigenvalue weighted by Gasteiger charge is 2.20. The Morgan fingerprint density at radius 1 is 1.45 bits per heavy atom. The van der Waals surface area contributed by atoms with Crippen LogP contribution in [-0.4, -0.2) is 29.5 Å². The molecule has 1 aromatic heterocycles. The Hall–Kier alpha value is -1.10. The summed E-state index contributed by atoms with van der Waals surface area (Å²) < 4.78 is 7.11. The van der Waals surface area contributed by atoms with Gasteiger partial charge in [0.15, 0.2) is 0 Å². The van der Waals surface area contributed by atoms with Crippen LogP contribution in [-0.2, 0) is 17.8 Å². The largest absolute Gasteiger partial charge is 0.385 e. The van der Waals surface area contributed by atoms with Crippen molar-refractivity contribution in [3.63, 3.8) is 0 Å². The highest BCUT2D eigenvalue weighted by Crippen LogP contribution is 2.26. The molecule has 1 aliphatic carbocycles. The lowest BCUT2D eigenvalue weighted by molar-refractivity contribution is 0.189. The Balaban J connectivity index is 1.80. The molecular formula is C15H20ClN3O. The molecule has 0 spiro atoms. The molecule has 3 rings (SSSR count). The summed E-state index contributed by atoms with van der Waals surface area (Å²) in [5, 5.41) is 9.77. The van der Waals surface area contributed by atoms with E-state index in [2.05, 4.69) is 16.5 Å². The molecule has 0 amide bonds. The van der Waals surface area contributed by atoms with Crippen LogP contribution in [0, 0.1) is 0 Å². The van der Waals surface area contributed by atoms with E-state index in [1.54, 1.807) is 7.11 Å². The van der Waals surface area contributed by atoms with Crippen molar-refractivity contribution in [2.75, 3.05) is 13.7 Å². The van der Waals surface area contributed by atoms with Crippen molar-refractivity contribution < 1.29 is 4.74 Å². The van der Waals surface area contributed by atoms with Crippen LogP contribution in [0.25, 0.3) is 10.9 Å². The molecule has 1 saturated carbocycles. The van der Waals surface area contributed by atoms with E-state index < -0.39 is 0 Å². The highest BCUT2D eigenvalue weighted by molar-refractivity contribution is 6.35. The van der Waals surface area contributed by atoms with Crippen LogP contribution >= 0.6 is 11.6 Å². The zero-order chi connectivity index (χ0) is 13.9. The summed E-state index contributed by atoms with van der Waals surface area (Å²) >= 11 is 6.36. The Kier molecular flexibility index (Phi) is 4.24. The van der Waals surface area contributed by atoms with Gasteiger partial charge in [0.25, 0.3) is 0 Å². The van der Waals surface area contributed by atoms with Crippen LogP contribution in [0.4, 0.5) is 0 Å². The maximum absolute atomic E-state index is 6.36. The number of rotatable bonds is 7. The van der Waals surface area contributed by atoms with Crippen LogP contribution in [0.5, 0.6) is 0 Å². The third kappa shape index (κ3) is 3.14. The van der Waals surface area contributed by atoms with Crippen molar-refractivity contribution in [3.8, 4) is 0 Å². The van der Waals surface area contributed by atoms with E-state index in [1.165, 1.54) is 18.4 Å². The third-order valence-corrected chi connectivity index (χ3v) is 3.98. The molecule has 20 heavy (non-hydrogen) atoms.